The number of rotatable bonds is 6. The number of fused-ring (bicyclic) bond motifs is 1. The van der Waals surface area contributed by atoms with Crippen molar-refractivity contribution in [2.45, 2.75) is 57.4 Å². The van der Waals surface area contributed by atoms with Crippen LogP contribution in [0.15, 0.2) is 59.7 Å². The third kappa shape index (κ3) is 4.19. The van der Waals surface area contributed by atoms with Crippen molar-refractivity contribution >= 4 is 23.9 Å². The molecule has 35 heavy (non-hydrogen) atoms. The van der Waals surface area contributed by atoms with Gasteiger partial charge in [0.05, 0.1) is 6.54 Å². The number of nitrogens with one attached hydrogen (secondary N) is 1. The minimum atomic E-state index is -0.715. The van der Waals surface area contributed by atoms with Gasteiger partial charge in [-0.05, 0) is 78.9 Å². The molecule has 0 radical (unpaired) electrons. The first-order valence-corrected chi connectivity index (χ1v) is 12.8. The average Bonchev–Trinajstić information content (AvgIpc) is 2.83. The molecule has 4 saturated carbocycles. The van der Waals surface area contributed by atoms with E-state index in [9.17, 15) is 14.4 Å². The summed E-state index contributed by atoms with van der Waals surface area (Å²) in [6, 6.07) is 16.6. The summed E-state index contributed by atoms with van der Waals surface area (Å²) in [6.07, 6.45) is 9.55. The van der Waals surface area contributed by atoms with Gasteiger partial charge in [-0.3, -0.25) is 19.3 Å². The first-order chi connectivity index (χ1) is 17.0. The molecule has 0 spiro atoms. The SMILES string of the molecule is O=C(CC12CC3CC(CC(C3)C1)C2)NN=CC1C(=O)N(Cc2ccccc2)C(=O)c2ccccc21. The van der Waals surface area contributed by atoms with Crippen LogP contribution in [0.25, 0.3) is 0 Å². The highest BCUT2D eigenvalue weighted by Crippen LogP contribution is 2.61. The molecule has 1 heterocycles. The highest BCUT2D eigenvalue weighted by atomic mass is 16.2. The Kier molecular flexibility index (Phi) is 5.54. The van der Waals surface area contributed by atoms with E-state index < -0.39 is 5.92 Å². The zero-order valence-electron chi connectivity index (χ0n) is 19.9. The molecule has 3 amide bonds. The van der Waals surface area contributed by atoms with Crippen molar-refractivity contribution < 1.29 is 14.4 Å². The number of hydrazone groups is 1. The van der Waals surface area contributed by atoms with E-state index in [2.05, 4.69) is 10.5 Å². The van der Waals surface area contributed by atoms with Crippen LogP contribution in [0.1, 0.15) is 72.3 Å². The Bertz CT molecular complexity index is 1150. The lowest BCUT2D eigenvalue weighted by molar-refractivity contribution is -0.130. The van der Waals surface area contributed by atoms with Gasteiger partial charge in [0.1, 0.15) is 5.92 Å². The fourth-order valence-electron chi connectivity index (χ4n) is 7.64. The van der Waals surface area contributed by atoms with Crippen LogP contribution in [-0.4, -0.2) is 28.8 Å². The van der Waals surface area contributed by atoms with Crippen LogP contribution in [0.4, 0.5) is 0 Å². The van der Waals surface area contributed by atoms with Gasteiger partial charge in [-0.15, -0.1) is 0 Å². The molecule has 1 unspecified atom stereocenters. The fraction of sp³-hybridized carbons (Fsp3) is 0.448. The summed E-state index contributed by atoms with van der Waals surface area (Å²) in [6.45, 7) is 0.204. The van der Waals surface area contributed by atoms with Gasteiger partial charge in [-0.25, -0.2) is 5.43 Å². The Morgan fingerprint density at radius 2 is 1.57 bits per heavy atom. The smallest absolute Gasteiger partial charge is 0.261 e. The average molecular weight is 470 g/mol. The lowest BCUT2D eigenvalue weighted by Gasteiger charge is -2.56. The standard InChI is InChI=1S/C29H31N3O3/c33-26(16-29-13-20-10-21(14-29)12-22(11-20)15-29)31-30-17-25-23-8-4-5-9-24(23)27(34)32(28(25)35)18-19-6-2-1-3-7-19/h1-9,17,20-22,25H,10-16,18H2,(H,31,33). The lowest BCUT2D eigenvalue weighted by Crippen LogP contribution is -2.47. The van der Waals surface area contributed by atoms with Crippen molar-refractivity contribution in [3.05, 3.63) is 71.3 Å². The van der Waals surface area contributed by atoms with E-state index in [1.807, 2.05) is 36.4 Å². The van der Waals surface area contributed by atoms with E-state index in [0.717, 1.165) is 23.3 Å². The van der Waals surface area contributed by atoms with Crippen LogP contribution in [0, 0.1) is 23.2 Å². The Labute approximate surface area is 205 Å². The lowest BCUT2D eigenvalue weighted by atomic mass is 9.49. The molecule has 1 atom stereocenters. The second-order valence-corrected chi connectivity index (χ2v) is 11.2. The van der Waals surface area contributed by atoms with Crippen molar-refractivity contribution in [3.8, 4) is 0 Å². The van der Waals surface area contributed by atoms with Crippen LogP contribution in [0.5, 0.6) is 0 Å². The van der Waals surface area contributed by atoms with Crippen LogP contribution in [-0.2, 0) is 16.1 Å². The molecular formula is C29H31N3O3. The molecule has 4 fully saturated rings. The molecule has 6 nitrogen and oxygen atoms in total. The first-order valence-electron chi connectivity index (χ1n) is 12.8. The minimum Gasteiger partial charge on any atom is -0.273 e. The molecule has 180 valence electrons. The summed E-state index contributed by atoms with van der Waals surface area (Å²) in [5.41, 5.74) is 4.86. The van der Waals surface area contributed by atoms with E-state index in [4.69, 9.17) is 0 Å². The largest absolute Gasteiger partial charge is 0.273 e. The molecule has 5 aliphatic rings. The third-order valence-electron chi connectivity index (χ3n) is 8.60. The van der Waals surface area contributed by atoms with Gasteiger partial charge in [0.2, 0.25) is 11.8 Å². The second kappa shape index (κ2) is 8.74. The van der Waals surface area contributed by atoms with Crippen molar-refractivity contribution in [3.63, 3.8) is 0 Å². The number of carbonyl (C=O) groups is 3. The molecule has 4 aliphatic carbocycles. The highest BCUT2D eigenvalue weighted by Gasteiger charge is 2.51. The zero-order chi connectivity index (χ0) is 24.0. The van der Waals surface area contributed by atoms with Crippen molar-refractivity contribution in [1.82, 2.24) is 10.3 Å². The second-order valence-electron chi connectivity index (χ2n) is 11.2. The molecule has 2 aromatic rings. The topological polar surface area (TPSA) is 78.8 Å². The molecule has 4 bridgehead atoms. The van der Waals surface area contributed by atoms with Crippen molar-refractivity contribution in [2.75, 3.05) is 0 Å². The maximum absolute atomic E-state index is 13.4. The predicted molar refractivity (Wildman–Crippen MR) is 132 cm³/mol. The van der Waals surface area contributed by atoms with E-state index in [-0.39, 0.29) is 29.7 Å². The minimum absolute atomic E-state index is 0.0723. The third-order valence-corrected chi connectivity index (χ3v) is 8.60. The maximum atomic E-state index is 13.4. The van der Waals surface area contributed by atoms with E-state index >= 15 is 0 Å². The molecule has 0 saturated heterocycles. The summed E-state index contributed by atoms with van der Waals surface area (Å²) < 4.78 is 0. The fourth-order valence-corrected chi connectivity index (χ4v) is 7.64. The molecule has 0 aromatic heterocycles. The number of nitrogens with zero attached hydrogens (tertiary/aromatic N) is 2. The van der Waals surface area contributed by atoms with Gasteiger partial charge >= 0.3 is 0 Å². The highest BCUT2D eigenvalue weighted by molar-refractivity contribution is 6.16. The van der Waals surface area contributed by atoms with E-state index in [0.29, 0.717) is 17.5 Å². The first kappa shape index (κ1) is 22.2. The Hall–Kier alpha value is -3.28. The summed E-state index contributed by atoms with van der Waals surface area (Å²) in [5.74, 6) is 0.970. The van der Waals surface area contributed by atoms with Crippen molar-refractivity contribution in [2.24, 2.45) is 28.3 Å². The molecule has 2 aromatic carbocycles. The Balaban J connectivity index is 1.17. The molecule has 6 heteroatoms. The van der Waals surface area contributed by atoms with E-state index in [1.54, 1.807) is 18.2 Å². The summed E-state index contributed by atoms with van der Waals surface area (Å²) in [5, 5.41) is 4.23. The number of carbonyl (C=O) groups excluding carboxylic acids is 3. The summed E-state index contributed by atoms with van der Waals surface area (Å²) in [7, 11) is 0. The normalized spacial score (nSPS) is 31.1. The monoisotopic (exact) mass is 469 g/mol. The van der Waals surface area contributed by atoms with Crippen LogP contribution in [0.2, 0.25) is 0 Å². The van der Waals surface area contributed by atoms with Gasteiger partial charge in [0.15, 0.2) is 0 Å². The summed E-state index contributed by atoms with van der Waals surface area (Å²) in [4.78, 5) is 40.6. The van der Waals surface area contributed by atoms with Crippen LogP contribution in [0.3, 0.4) is 0 Å². The summed E-state index contributed by atoms with van der Waals surface area (Å²) >= 11 is 0. The van der Waals surface area contributed by atoms with Gasteiger partial charge < -0.3 is 0 Å². The van der Waals surface area contributed by atoms with Crippen LogP contribution >= 0.6 is 0 Å². The van der Waals surface area contributed by atoms with Gasteiger partial charge in [-0.1, -0.05) is 48.5 Å². The van der Waals surface area contributed by atoms with Gasteiger partial charge in [-0.2, -0.15) is 5.10 Å². The van der Waals surface area contributed by atoms with Crippen molar-refractivity contribution in [1.29, 1.82) is 0 Å². The predicted octanol–water partition coefficient (Wildman–Crippen LogP) is 4.66. The number of hydrogen-bond acceptors (Lipinski definition) is 4. The molecule has 1 aliphatic heterocycles. The number of hydrogen-bond donors (Lipinski definition) is 1. The quantitative estimate of drug-likeness (QED) is 0.380. The molecular weight excluding hydrogens is 438 g/mol. The van der Waals surface area contributed by atoms with E-state index in [1.165, 1.54) is 49.6 Å². The number of benzene rings is 2. The Morgan fingerprint density at radius 3 is 2.26 bits per heavy atom. The van der Waals surface area contributed by atoms with Gasteiger partial charge in [0.25, 0.3) is 5.91 Å². The number of imide groups is 1. The molecule has 7 rings (SSSR count). The van der Waals surface area contributed by atoms with Crippen LogP contribution < -0.4 is 5.43 Å². The maximum Gasteiger partial charge on any atom is 0.261 e. The Morgan fingerprint density at radius 1 is 0.943 bits per heavy atom. The molecule has 1 N–H and O–H groups in total. The van der Waals surface area contributed by atoms with Gasteiger partial charge in [0, 0.05) is 18.2 Å². The number of amides is 3. The zero-order valence-corrected chi connectivity index (χ0v) is 19.9.